The van der Waals surface area contributed by atoms with Crippen LogP contribution in [0.2, 0.25) is 5.02 Å². The number of hydrogen-bond donors (Lipinski definition) is 2. The molecule has 0 heterocycles. The van der Waals surface area contributed by atoms with E-state index in [9.17, 15) is 4.79 Å². The van der Waals surface area contributed by atoms with Crippen LogP contribution in [0.25, 0.3) is 0 Å². The molecular weight excluding hydrogens is 404 g/mol. The maximum absolute atomic E-state index is 11.6. The van der Waals surface area contributed by atoms with Crippen molar-refractivity contribution >= 4 is 23.5 Å². The lowest BCUT2D eigenvalue weighted by Crippen LogP contribution is -2.38. The average molecular weight is 433 g/mol. The van der Waals surface area contributed by atoms with Gasteiger partial charge in [0, 0.05) is 38.8 Å². The molecule has 8 heteroatoms. The molecule has 0 bridgehead atoms. The highest BCUT2D eigenvalue weighted by Gasteiger charge is 2.10. The number of aliphatic imine (C=N–C) groups is 1. The van der Waals surface area contributed by atoms with Crippen LogP contribution in [0, 0.1) is 0 Å². The summed E-state index contributed by atoms with van der Waals surface area (Å²) in [5, 5.41) is 6.76. The summed E-state index contributed by atoms with van der Waals surface area (Å²) in [6, 6.07) is 13.4. The Hall–Kier alpha value is -2.93. The number of likely N-dealkylation sites (N-methyl/N-ethyl adjacent to an activating group) is 1. The molecule has 0 aliphatic heterocycles. The predicted octanol–water partition coefficient (Wildman–Crippen LogP) is 3.07. The molecule has 0 radical (unpaired) electrons. The van der Waals surface area contributed by atoms with Crippen molar-refractivity contribution in [2.24, 2.45) is 4.99 Å². The molecule has 0 aromatic heterocycles. The van der Waals surface area contributed by atoms with E-state index in [1.165, 1.54) is 0 Å². The van der Waals surface area contributed by atoms with Crippen LogP contribution in [-0.4, -0.2) is 51.1 Å². The normalized spacial score (nSPS) is 11.0. The summed E-state index contributed by atoms with van der Waals surface area (Å²) in [5.41, 5.74) is 2.14. The number of carbonyl (C=O) groups excluding carboxylic acids is 1. The average Bonchev–Trinajstić information content (AvgIpc) is 2.74. The van der Waals surface area contributed by atoms with Crippen molar-refractivity contribution in [2.45, 2.75) is 20.0 Å². The van der Waals surface area contributed by atoms with Gasteiger partial charge in [0.1, 0.15) is 0 Å². The summed E-state index contributed by atoms with van der Waals surface area (Å²) in [6.07, 6.45) is 0. The van der Waals surface area contributed by atoms with Crippen LogP contribution in [0.15, 0.2) is 47.5 Å². The van der Waals surface area contributed by atoms with Gasteiger partial charge in [0.05, 0.1) is 7.11 Å². The zero-order chi connectivity index (χ0) is 21.9. The molecule has 2 N–H and O–H groups in total. The third-order valence-electron chi connectivity index (χ3n) is 4.32. The van der Waals surface area contributed by atoms with Gasteiger partial charge in [0.2, 0.25) is 0 Å². The zero-order valence-electron chi connectivity index (χ0n) is 17.9. The first kappa shape index (κ1) is 23.3. The number of ether oxygens (including phenoxy) is 2. The van der Waals surface area contributed by atoms with E-state index in [1.54, 1.807) is 20.2 Å². The number of nitrogens with zero attached hydrogens (tertiary/aromatic N) is 2. The lowest BCUT2D eigenvalue weighted by atomic mass is 10.2. The number of guanidine groups is 1. The van der Waals surface area contributed by atoms with Gasteiger partial charge in [-0.2, -0.15) is 0 Å². The van der Waals surface area contributed by atoms with Gasteiger partial charge in [0.15, 0.2) is 24.1 Å². The second kappa shape index (κ2) is 11.9. The second-order valence-corrected chi connectivity index (χ2v) is 7.05. The van der Waals surface area contributed by atoms with Crippen molar-refractivity contribution in [3.05, 3.63) is 58.6 Å². The van der Waals surface area contributed by atoms with Gasteiger partial charge in [0.25, 0.3) is 5.91 Å². The lowest BCUT2D eigenvalue weighted by Gasteiger charge is -2.22. The van der Waals surface area contributed by atoms with E-state index in [2.05, 4.69) is 15.6 Å². The van der Waals surface area contributed by atoms with Gasteiger partial charge in [-0.1, -0.05) is 29.8 Å². The molecule has 0 saturated carbocycles. The maximum atomic E-state index is 11.6. The Morgan fingerprint density at radius 2 is 1.80 bits per heavy atom. The van der Waals surface area contributed by atoms with E-state index in [-0.39, 0.29) is 12.5 Å². The molecule has 0 atom stereocenters. The lowest BCUT2D eigenvalue weighted by molar-refractivity contribution is -0.123. The maximum Gasteiger partial charge on any atom is 0.257 e. The highest BCUT2D eigenvalue weighted by atomic mass is 35.5. The number of rotatable bonds is 9. The third kappa shape index (κ3) is 7.15. The molecule has 2 rings (SSSR count). The van der Waals surface area contributed by atoms with Crippen molar-refractivity contribution in [1.82, 2.24) is 15.5 Å². The number of methoxy groups -OCH3 is 1. The van der Waals surface area contributed by atoms with Crippen molar-refractivity contribution in [3.8, 4) is 11.5 Å². The predicted molar refractivity (Wildman–Crippen MR) is 120 cm³/mol. The molecule has 0 fully saturated rings. The molecule has 162 valence electrons. The van der Waals surface area contributed by atoms with Crippen molar-refractivity contribution in [3.63, 3.8) is 0 Å². The van der Waals surface area contributed by atoms with E-state index in [4.69, 9.17) is 21.1 Å². The van der Waals surface area contributed by atoms with Crippen LogP contribution in [-0.2, 0) is 17.9 Å². The van der Waals surface area contributed by atoms with Crippen LogP contribution < -0.4 is 20.1 Å². The molecule has 0 aliphatic carbocycles. The SMILES string of the molecule is CCNC(=O)COc1ccc(CNC(=NC)N(C)Cc2ccc(Cl)cc2)cc1OC. The number of benzene rings is 2. The van der Waals surface area contributed by atoms with Crippen molar-refractivity contribution in [2.75, 3.05) is 34.4 Å². The number of halogens is 1. The van der Waals surface area contributed by atoms with Gasteiger partial charge in [-0.05, 0) is 42.3 Å². The zero-order valence-corrected chi connectivity index (χ0v) is 18.6. The molecule has 1 amide bonds. The van der Waals surface area contributed by atoms with Crippen LogP contribution in [0.5, 0.6) is 11.5 Å². The molecule has 0 spiro atoms. The van der Waals surface area contributed by atoms with E-state index in [1.807, 2.05) is 55.3 Å². The first-order valence-corrected chi connectivity index (χ1v) is 10.1. The smallest absolute Gasteiger partial charge is 0.257 e. The van der Waals surface area contributed by atoms with E-state index < -0.39 is 0 Å². The largest absolute Gasteiger partial charge is 0.493 e. The second-order valence-electron chi connectivity index (χ2n) is 6.61. The van der Waals surface area contributed by atoms with Crippen molar-refractivity contribution in [1.29, 1.82) is 0 Å². The minimum Gasteiger partial charge on any atom is -0.493 e. The summed E-state index contributed by atoms with van der Waals surface area (Å²) in [4.78, 5) is 18.0. The van der Waals surface area contributed by atoms with Gasteiger partial charge in [-0.25, -0.2) is 0 Å². The molecule has 2 aromatic rings. The Kier molecular flexibility index (Phi) is 9.28. The molecule has 7 nitrogen and oxygen atoms in total. The van der Waals surface area contributed by atoms with E-state index >= 15 is 0 Å². The number of carbonyl (C=O) groups is 1. The third-order valence-corrected chi connectivity index (χ3v) is 4.57. The number of hydrogen-bond acceptors (Lipinski definition) is 4. The topological polar surface area (TPSA) is 75.2 Å². The summed E-state index contributed by atoms with van der Waals surface area (Å²) in [7, 11) is 5.30. The molecule has 0 unspecified atom stereocenters. The Labute approximate surface area is 183 Å². The van der Waals surface area contributed by atoms with Gasteiger partial charge in [-0.3, -0.25) is 9.79 Å². The minimum atomic E-state index is -0.169. The summed E-state index contributed by atoms with van der Waals surface area (Å²) >= 11 is 5.95. The first-order chi connectivity index (χ1) is 14.5. The Morgan fingerprint density at radius 1 is 1.10 bits per heavy atom. The quantitative estimate of drug-likeness (QED) is 0.470. The fourth-order valence-corrected chi connectivity index (χ4v) is 2.96. The van der Waals surface area contributed by atoms with Crippen LogP contribution in [0.3, 0.4) is 0 Å². The Morgan fingerprint density at radius 3 is 2.43 bits per heavy atom. The molecule has 0 aliphatic rings. The van der Waals surface area contributed by atoms with Gasteiger partial charge < -0.3 is 25.0 Å². The summed E-state index contributed by atoms with van der Waals surface area (Å²) in [6.45, 7) is 3.64. The fraction of sp³-hybridized carbons (Fsp3) is 0.364. The molecule has 2 aromatic carbocycles. The summed E-state index contributed by atoms with van der Waals surface area (Å²) in [5.74, 6) is 1.69. The number of nitrogens with one attached hydrogen (secondary N) is 2. The number of amides is 1. The molecule has 0 saturated heterocycles. The standard InChI is InChI=1S/C22H29ClN4O3/c1-5-25-21(28)15-30-19-11-8-17(12-20(19)29-4)13-26-22(24-2)27(3)14-16-6-9-18(23)10-7-16/h6-12H,5,13-15H2,1-4H3,(H,24,26)(H,25,28). The highest BCUT2D eigenvalue weighted by Crippen LogP contribution is 2.28. The van der Waals surface area contributed by atoms with Gasteiger partial charge >= 0.3 is 0 Å². The van der Waals surface area contributed by atoms with E-state index in [0.717, 1.165) is 22.1 Å². The Balaban J connectivity index is 1.95. The minimum absolute atomic E-state index is 0.0517. The highest BCUT2D eigenvalue weighted by molar-refractivity contribution is 6.30. The Bertz CT molecular complexity index is 856. The fourth-order valence-electron chi connectivity index (χ4n) is 2.84. The van der Waals surface area contributed by atoms with E-state index in [0.29, 0.717) is 31.1 Å². The molecular formula is C22H29ClN4O3. The monoisotopic (exact) mass is 432 g/mol. The molecule has 30 heavy (non-hydrogen) atoms. The van der Waals surface area contributed by atoms with Gasteiger partial charge in [-0.15, -0.1) is 0 Å². The van der Waals surface area contributed by atoms with Crippen LogP contribution in [0.1, 0.15) is 18.1 Å². The van der Waals surface area contributed by atoms with Crippen molar-refractivity contribution < 1.29 is 14.3 Å². The van der Waals surface area contributed by atoms with Crippen LogP contribution >= 0.6 is 11.6 Å². The summed E-state index contributed by atoms with van der Waals surface area (Å²) < 4.78 is 11.0. The van der Waals surface area contributed by atoms with Crippen LogP contribution in [0.4, 0.5) is 0 Å². The first-order valence-electron chi connectivity index (χ1n) is 9.69.